The zero-order valence-electron chi connectivity index (χ0n) is 14.3. The molecular weight excluding hydrogens is 323 g/mol. The molecular formula is C19H23FN2O3. The Morgan fingerprint density at radius 3 is 2.72 bits per heavy atom. The lowest BCUT2D eigenvalue weighted by atomic mass is 10.1. The van der Waals surface area contributed by atoms with Crippen molar-refractivity contribution < 1.29 is 18.3 Å². The van der Waals surface area contributed by atoms with Crippen molar-refractivity contribution in [1.29, 1.82) is 0 Å². The fourth-order valence-corrected chi connectivity index (χ4v) is 2.88. The molecule has 1 aliphatic rings. The van der Waals surface area contributed by atoms with Gasteiger partial charge in [0.15, 0.2) is 0 Å². The molecule has 1 saturated heterocycles. The van der Waals surface area contributed by atoms with Gasteiger partial charge in [-0.25, -0.2) is 4.39 Å². The number of ether oxygens (including phenoxy) is 1. The fraction of sp³-hybridized carbons (Fsp3) is 0.421. The van der Waals surface area contributed by atoms with Gasteiger partial charge in [0.1, 0.15) is 17.3 Å². The number of rotatable bonds is 7. The topological polar surface area (TPSA) is 54.7 Å². The summed E-state index contributed by atoms with van der Waals surface area (Å²) < 4.78 is 24.1. The van der Waals surface area contributed by atoms with Crippen LogP contribution in [0, 0.1) is 18.7 Å². The lowest BCUT2D eigenvalue weighted by Crippen LogP contribution is -2.39. The van der Waals surface area contributed by atoms with Gasteiger partial charge in [-0.05, 0) is 49.7 Å². The molecule has 0 bridgehead atoms. The highest BCUT2D eigenvalue weighted by Gasteiger charge is 2.18. The predicted molar refractivity (Wildman–Crippen MR) is 92.8 cm³/mol. The summed E-state index contributed by atoms with van der Waals surface area (Å²) in [4.78, 5) is 14.2. The third-order valence-electron chi connectivity index (χ3n) is 4.28. The van der Waals surface area contributed by atoms with Crippen LogP contribution in [-0.4, -0.2) is 32.2 Å². The second-order valence-corrected chi connectivity index (χ2v) is 6.38. The molecule has 3 rings (SSSR count). The number of hydrogen-bond acceptors (Lipinski definition) is 4. The van der Waals surface area contributed by atoms with Crippen molar-refractivity contribution in [2.45, 2.75) is 19.9 Å². The Morgan fingerprint density at radius 2 is 2.08 bits per heavy atom. The molecule has 0 aliphatic carbocycles. The van der Waals surface area contributed by atoms with Gasteiger partial charge in [0.2, 0.25) is 5.91 Å². The van der Waals surface area contributed by atoms with Gasteiger partial charge < -0.3 is 19.4 Å². The predicted octanol–water partition coefficient (Wildman–Crippen LogP) is 2.89. The lowest BCUT2D eigenvalue weighted by Gasteiger charge is -2.23. The van der Waals surface area contributed by atoms with E-state index in [0.717, 1.165) is 30.2 Å². The van der Waals surface area contributed by atoms with E-state index in [1.807, 2.05) is 24.0 Å². The second-order valence-electron chi connectivity index (χ2n) is 6.38. The molecule has 5 nitrogen and oxygen atoms in total. The van der Waals surface area contributed by atoms with Crippen molar-refractivity contribution in [3.8, 4) is 0 Å². The molecule has 25 heavy (non-hydrogen) atoms. The maximum atomic E-state index is 13.2. The van der Waals surface area contributed by atoms with Gasteiger partial charge in [-0.2, -0.15) is 0 Å². The average molecular weight is 346 g/mol. The summed E-state index contributed by atoms with van der Waals surface area (Å²) in [5.74, 6) is 1.59. The van der Waals surface area contributed by atoms with Crippen molar-refractivity contribution in [3.05, 3.63) is 53.7 Å². The zero-order valence-corrected chi connectivity index (χ0v) is 14.3. The minimum absolute atomic E-state index is 0.0699. The summed E-state index contributed by atoms with van der Waals surface area (Å²) in [7, 11) is 0. The van der Waals surface area contributed by atoms with E-state index in [1.165, 1.54) is 12.1 Å². The minimum Gasteiger partial charge on any atom is -0.464 e. The molecule has 1 N–H and O–H groups in total. The first-order chi connectivity index (χ1) is 12.1. The van der Waals surface area contributed by atoms with E-state index in [2.05, 4.69) is 5.32 Å². The Balaban J connectivity index is 1.64. The quantitative estimate of drug-likeness (QED) is 0.838. The highest BCUT2D eigenvalue weighted by Crippen LogP contribution is 2.19. The Labute approximate surface area is 146 Å². The van der Waals surface area contributed by atoms with Crippen molar-refractivity contribution in [1.82, 2.24) is 5.32 Å². The van der Waals surface area contributed by atoms with Crippen molar-refractivity contribution in [2.75, 3.05) is 31.2 Å². The smallest absolute Gasteiger partial charge is 0.239 e. The summed E-state index contributed by atoms with van der Waals surface area (Å²) in [6, 6.07) is 9.90. The second kappa shape index (κ2) is 8.16. The maximum Gasteiger partial charge on any atom is 0.239 e. The van der Waals surface area contributed by atoms with Crippen LogP contribution in [0.3, 0.4) is 0 Å². The van der Waals surface area contributed by atoms with E-state index in [-0.39, 0.29) is 18.3 Å². The molecule has 1 atom stereocenters. The van der Waals surface area contributed by atoms with Gasteiger partial charge in [-0.3, -0.25) is 4.79 Å². The van der Waals surface area contributed by atoms with Gasteiger partial charge in [0, 0.05) is 24.8 Å². The van der Waals surface area contributed by atoms with E-state index in [9.17, 15) is 9.18 Å². The Kier molecular flexibility index (Phi) is 5.71. The average Bonchev–Trinajstić information content (AvgIpc) is 3.25. The van der Waals surface area contributed by atoms with Crippen LogP contribution in [0.15, 0.2) is 40.8 Å². The summed E-state index contributed by atoms with van der Waals surface area (Å²) in [5, 5.41) is 2.96. The molecule has 134 valence electrons. The van der Waals surface area contributed by atoms with Gasteiger partial charge in [0.25, 0.3) is 0 Å². The number of carbonyl (C=O) groups is 1. The van der Waals surface area contributed by atoms with Gasteiger partial charge in [-0.15, -0.1) is 0 Å². The molecule has 2 aromatic rings. The van der Waals surface area contributed by atoms with Gasteiger partial charge >= 0.3 is 0 Å². The number of amides is 1. The number of aryl methyl sites for hydroxylation is 1. The van der Waals surface area contributed by atoms with Crippen LogP contribution in [0.2, 0.25) is 0 Å². The van der Waals surface area contributed by atoms with Crippen LogP contribution >= 0.6 is 0 Å². The first kappa shape index (κ1) is 17.5. The third kappa shape index (κ3) is 5.06. The first-order valence-electron chi connectivity index (χ1n) is 8.50. The molecule has 1 aromatic heterocycles. The fourth-order valence-electron chi connectivity index (χ4n) is 2.88. The molecule has 1 aromatic carbocycles. The standard InChI is InChI=1S/C19H23FN2O3/c1-14-2-7-18(25-14)11-22(17-5-3-16(20)4-6-17)12-19(23)21-10-15-8-9-24-13-15/h2-7,15H,8-13H2,1H3,(H,21,23)/t15-/m1/s1. The van der Waals surface area contributed by atoms with Gasteiger partial charge in [-0.1, -0.05) is 0 Å². The summed E-state index contributed by atoms with van der Waals surface area (Å²) in [5.41, 5.74) is 0.773. The summed E-state index contributed by atoms with van der Waals surface area (Å²) in [6.45, 7) is 4.59. The highest BCUT2D eigenvalue weighted by atomic mass is 19.1. The number of nitrogens with zero attached hydrogens (tertiary/aromatic N) is 1. The van der Waals surface area contributed by atoms with Crippen molar-refractivity contribution >= 4 is 11.6 Å². The van der Waals surface area contributed by atoms with Crippen LogP contribution in [-0.2, 0) is 16.1 Å². The summed E-state index contributed by atoms with van der Waals surface area (Å²) in [6.07, 6.45) is 0.980. The number of anilines is 1. The largest absolute Gasteiger partial charge is 0.464 e. The number of nitrogens with one attached hydrogen (secondary N) is 1. The molecule has 0 unspecified atom stereocenters. The van der Waals surface area contributed by atoms with E-state index in [0.29, 0.717) is 25.6 Å². The Morgan fingerprint density at radius 1 is 1.28 bits per heavy atom. The van der Waals surface area contributed by atoms with Crippen LogP contribution in [0.4, 0.5) is 10.1 Å². The number of furan rings is 1. The molecule has 6 heteroatoms. The van der Waals surface area contributed by atoms with Gasteiger partial charge in [0.05, 0.1) is 19.7 Å². The zero-order chi connectivity index (χ0) is 17.6. The SMILES string of the molecule is Cc1ccc(CN(CC(=O)NC[C@H]2CCOC2)c2ccc(F)cc2)o1. The number of hydrogen-bond donors (Lipinski definition) is 1. The minimum atomic E-state index is -0.303. The number of halogens is 1. The third-order valence-corrected chi connectivity index (χ3v) is 4.28. The first-order valence-corrected chi connectivity index (χ1v) is 8.50. The molecule has 1 fully saturated rings. The molecule has 1 aliphatic heterocycles. The molecule has 1 amide bonds. The van der Waals surface area contributed by atoms with E-state index < -0.39 is 0 Å². The van der Waals surface area contributed by atoms with Crippen molar-refractivity contribution in [3.63, 3.8) is 0 Å². The highest BCUT2D eigenvalue weighted by molar-refractivity contribution is 5.81. The summed E-state index contributed by atoms with van der Waals surface area (Å²) >= 11 is 0. The van der Waals surface area contributed by atoms with E-state index >= 15 is 0 Å². The monoisotopic (exact) mass is 346 g/mol. The van der Waals surface area contributed by atoms with Crippen LogP contribution in [0.25, 0.3) is 0 Å². The Hall–Kier alpha value is -2.34. The maximum absolute atomic E-state index is 13.2. The molecule has 0 saturated carbocycles. The van der Waals surface area contributed by atoms with E-state index in [4.69, 9.17) is 9.15 Å². The van der Waals surface area contributed by atoms with Crippen LogP contribution < -0.4 is 10.2 Å². The normalized spacial score (nSPS) is 16.8. The Bertz CT molecular complexity index is 693. The number of benzene rings is 1. The molecule has 0 spiro atoms. The van der Waals surface area contributed by atoms with Crippen LogP contribution in [0.5, 0.6) is 0 Å². The number of carbonyl (C=O) groups excluding carboxylic acids is 1. The molecule has 0 radical (unpaired) electrons. The lowest BCUT2D eigenvalue weighted by molar-refractivity contribution is -0.120. The van der Waals surface area contributed by atoms with Crippen LogP contribution in [0.1, 0.15) is 17.9 Å². The molecule has 2 heterocycles. The van der Waals surface area contributed by atoms with E-state index in [1.54, 1.807) is 12.1 Å². The van der Waals surface area contributed by atoms with Crippen molar-refractivity contribution in [2.24, 2.45) is 5.92 Å².